The van der Waals surface area contributed by atoms with Gasteiger partial charge in [0, 0.05) is 24.2 Å². The number of imidazole rings is 1. The molecule has 1 unspecified atom stereocenters. The lowest BCUT2D eigenvalue weighted by Crippen LogP contribution is -2.36. The van der Waals surface area contributed by atoms with E-state index < -0.39 is 5.91 Å². The Bertz CT molecular complexity index is 1090. The van der Waals surface area contributed by atoms with Crippen LogP contribution in [0.5, 0.6) is 0 Å². The standard InChI is InChI=1S/C23H25FN4O2/c1-2-27-12-4-7-19(15-27)28-21-14-18(24)9-10-20(21)25-23(28)17-6-3-5-16(13-17)8-11-22(29)26-30/h3,5-6,8-11,13-14,19,30H,2,4,7,12,15H2,1H3,(H,26,29). The molecule has 0 radical (unpaired) electrons. The second-order valence-corrected chi connectivity index (χ2v) is 7.56. The number of hydrogen-bond donors (Lipinski definition) is 2. The van der Waals surface area contributed by atoms with E-state index in [1.807, 2.05) is 24.3 Å². The number of carbonyl (C=O) groups excluding carboxylic acids is 1. The maximum Gasteiger partial charge on any atom is 0.267 e. The van der Waals surface area contributed by atoms with E-state index >= 15 is 0 Å². The summed E-state index contributed by atoms with van der Waals surface area (Å²) in [4.78, 5) is 18.6. The lowest BCUT2D eigenvalue weighted by Gasteiger charge is -2.33. The van der Waals surface area contributed by atoms with Crippen molar-refractivity contribution in [2.75, 3.05) is 19.6 Å². The number of rotatable bonds is 5. The molecule has 2 aromatic carbocycles. The zero-order valence-electron chi connectivity index (χ0n) is 16.9. The fourth-order valence-corrected chi connectivity index (χ4v) is 4.16. The van der Waals surface area contributed by atoms with Crippen LogP contribution in [0.25, 0.3) is 28.5 Å². The van der Waals surface area contributed by atoms with Crippen LogP contribution in [-0.4, -0.2) is 45.2 Å². The fraction of sp³-hybridized carbons (Fsp3) is 0.304. The van der Waals surface area contributed by atoms with Crippen LogP contribution in [0.1, 0.15) is 31.4 Å². The maximum absolute atomic E-state index is 14.1. The summed E-state index contributed by atoms with van der Waals surface area (Å²) in [6.45, 7) is 5.13. The molecule has 0 aliphatic carbocycles. The van der Waals surface area contributed by atoms with Gasteiger partial charge in [-0.1, -0.05) is 25.1 Å². The van der Waals surface area contributed by atoms with E-state index in [4.69, 9.17) is 10.2 Å². The molecule has 156 valence electrons. The molecule has 6 nitrogen and oxygen atoms in total. The van der Waals surface area contributed by atoms with Crippen molar-refractivity contribution in [2.45, 2.75) is 25.8 Å². The van der Waals surface area contributed by atoms with E-state index in [0.717, 1.165) is 60.5 Å². The van der Waals surface area contributed by atoms with Crippen LogP contribution in [0.3, 0.4) is 0 Å². The van der Waals surface area contributed by atoms with Gasteiger partial charge in [0.25, 0.3) is 5.91 Å². The quantitative estimate of drug-likeness (QED) is 0.380. The first-order valence-corrected chi connectivity index (χ1v) is 10.2. The number of piperidine rings is 1. The monoisotopic (exact) mass is 408 g/mol. The Hall–Kier alpha value is -3.03. The number of nitrogens with one attached hydrogen (secondary N) is 1. The van der Waals surface area contributed by atoms with Crippen LogP contribution in [0, 0.1) is 5.82 Å². The molecule has 1 atom stereocenters. The molecule has 1 aliphatic heterocycles. The molecule has 1 fully saturated rings. The van der Waals surface area contributed by atoms with Gasteiger partial charge in [-0.05, 0) is 61.8 Å². The van der Waals surface area contributed by atoms with Crippen molar-refractivity contribution in [1.29, 1.82) is 0 Å². The third-order valence-corrected chi connectivity index (χ3v) is 5.63. The molecule has 0 saturated carbocycles. The number of hydroxylamine groups is 1. The first-order chi connectivity index (χ1) is 14.6. The molecular weight excluding hydrogens is 383 g/mol. The fourth-order valence-electron chi connectivity index (χ4n) is 4.16. The smallest absolute Gasteiger partial charge is 0.267 e. The largest absolute Gasteiger partial charge is 0.319 e. The summed E-state index contributed by atoms with van der Waals surface area (Å²) in [6.07, 6.45) is 4.99. The summed E-state index contributed by atoms with van der Waals surface area (Å²) < 4.78 is 16.3. The molecule has 0 spiro atoms. The number of benzene rings is 2. The molecular formula is C23H25FN4O2. The third kappa shape index (κ3) is 4.13. The van der Waals surface area contributed by atoms with Gasteiger partial charge in [0.15, 0.2) is 0 Å². The van der Waals surface area contributed by atoms with Crippen LogP contribution in [0.4, 0.5) is 4.39 Å². The Kier molecular flexibility index (Phi) is 5.92. The van der Waals surface area contributed by atoms with Crippen molar-refractivity contribution < 1.29 is 14.4 Å². The Morgan fingerprint density at radius 1 is 1.33 bits per heavy atom. The van der Waals surface area contributed by atoms with E-state index in [2.05, 4.69) is 16.4 Å². The molecule has 1 aromatic heterocycles. The van der Waals surface area contributed by atoms with Gasteiger partial charge < -0.3 is 9.47 Å². The van der Waals surface area contributed by atoms with E-state index in [1.54, 1.807) is 23.7 Å². The van der Waals surface area contributed by atoms with Gasteiger partial charge in [0.2, 0.25) is 0 Å². The molecule has 2 heterocycles. The maximum atomic E-state index is 14.1. The Balaban J connectivity index is 1.81. The van der Waals surface area contributed by atoms with E-state index in [0.29, 0.717) is 0 Å². The molecule has 2 N–H and O–H groups in total. The van der Waals surface area contributed by atoms with E-state index in [-0.39, 0.29) is 11.9 Å². The molecule has 1 amide bonds. The lowest BCUT2D eigenvalue weighted by molar-refractivity contribution is -0.124. The topological polar surface area (TPSA) is 70.4 Å². The minimum absolute atomic E-state index is 0.208. The predicted octanol–water partition coefficient (Wildman–Crippen LogP) is 4.02. The number of carbonyl (C=O) groups is 1. The second-order valence-electron chi connectivity index (χ2n) is 7.56. The predicted molar refractivity (Wildman–Crippen MR) is 114 cm³/mol. The number of hydrogen-bond acceptors (Lipinski definition) is 4. The summed E-state index contributed by atoms with van der Waals surface area (Å²) in [5.41, 5.74) is 4.85. The highest BCUT2D eigenvalue weighted by Gasteiger charge is 2.25. The SMILES string of the molecule is CCN1CCCC(n2c(-c3cccc(C=CC(=O)NO)c3)nc3ccc(F)cc32)C1. The third-order valence-electron chi connectivity index (χ3n) is 5.63. The number of fused-ring (bicyclic) bond motifs is 1. The summed E-state index contributed by atoms with van der Waals surface area (Å²) in [5.74, 6) is -0.0737. The highest BCUT2D eigenvalue weighted by Crippen LogP contribution is 2.33. The van der Waals surface area contributed by atoms with Crippen LogP contribution >= 0.6 is 0 Å². The molecule has 0 bridgehead atoms. The molecule has 4 rings (SSSR count). The number of nitrogens with zero attached hydrogens (tertiary/aromatic N) is 3. The van der Waals surface area contributed by atoms with Gasteiger partial charge in [-0.15, -0.1) is 0 Å². The Morgan fingerprint density at radius 3 is 3.00 bits per heavy atom. The minimum atomic E-state index is -0.593. The van der Waals surface area contributed by atoms with Crippen molar-refractivity contribution in [3.8, 4) is 11.4 Å². The first-order valence-electron chi connectivity index (χ1n) is 10.2. The van der Waals surface area contributed by atoms with Crippen LogP contribution in [-0.2, 0) is 4.79 Å². The number of likely N-dealkylation sites (N-methyl/N-ethyl adjacent to an activating group) is 1. The van der Waals surface area contributed by atoms with Crippen molar-refractivity contribution in [3.63, 3.8) is 0 Å². The van der Waals surface area contributed by atoms with Gasteiger partial charge in [-0.25, -0.2) is 14.9 Å². The minimum Gasteiger partial charge on any atom is -0.319 e. The number of halogens is 1. The highest BCUT2D eigenvalue weighted by molar-refractivity contribution is 5.91. The molecule has 1 saturated heterocycles. The summed E-state index contributed by atoms with van der Waals surface area (Å²) in [7, 11) is 0. The van der Waals surface area contributed by atoms with Gasteiger partial charge >= 0.3 is 0 Å². The van der Waals surface area contributed by atoms with Gasteiger partial charge in [-0.2, -0.15) is 0 Å². The average molecular weight is 408 g/mol. The zero-order valence-corrected chi connectivity index (χ0v) is 16.9. The van der Waals surface area contributed by atoms with Crippen LogP contribution in [0.2, 0.25) is 0 Å². The summed E-state index contributed by atoms with van der Waals surface area (Å²) >= 11 is 0. The van der Waals surface area contributed by atoms with Gasteiger partial charge in [-0.3, -0.25) is 10.0 Å². The Morgan fingerprint density at radius 2 is 2.20 bits per heavy atom. The number of aromatic nitrogens is 2. The summed E-state index contributed by atoms with van der Waals surface area (Å²) in [6, 6.07) is 12.6. The second kappa shape index (κ2) is 8.77. The van der Waals surface area contributed by atoms with Crippen LogP contribution < -0.4 is 5.48 Å². The Labute approximate surface area is 174 Å². The summed E-state index contributed by atoms with van der Waals surface area (Å²) in [5, 5.41) is 8.67. The van der Waals surface area contributed by atoms with E-state index in [1.165, 1.54) is 12.1 Å². The average Bonchev–Trinajstić information content (AvgIpc) is 3.16. The lowest BCUT2D eigenvalue weighted by atomic mass is 10.0. The van der Waals surface area contributed by atoms with Crippen molar-refractivity contribution in [1.82, 2.24) is 19.9 Å². The van der Waals surface area contributed by atoms with E-state index in [9.17, 15) is 9.18 Å². The van der Waals surface area contributed by atoms with Gasteiger partial charge in [0.1, 0.15) is 11.6 Å². The normalized spacial score (nSPS) is 17.6. The van der Waals surface area contributed by atoms with Crippen molar-refractivity contribution in [2.24, 2.45) is 0 Å². The van der Waals surface area contributed by atoms with Crippen LogP contribution in [0.15, 0.2) is 48.5 Å². The van der Waals surface area contributed by atoms with Crippen molar-refractivity contribution in [3.05, 3.63) is 59.9 Å². The molecule has 7 heteroatoms. The van der Waals surface area contributed by atoms with Crippen molar-refractivity contribution >= 4 is 23.0 Å². The van der Waals surface area contributed by atoms with Gasteiger partial charge in [0.05, 0.1) is 11.0 Å². The highest BCUT2D eigenvalue weighted by atomic mass is 19.1. The molecule has 30 heavy (non-hydrogen) atoms. The molecule has 1 aliphatic rings. The molecule has 3 aromatic rings. The number of amides is 1. The number of likely N-dealkylation sites (tertiary alicyclic amines) is 1. The first kappa shape index (κ1) is 20.3. The zero-order chi connectivity index (χ0) is 21.1.